The number of hydrogen-bond acceptors (Lipinski definition) is 3. The van der Waals surface area contributed by atoms with Gasteiger partial charge in [-0.2, -0.15) is 83.1 Å². The first-order valence-corrected chi connectivity index (χ1v) is 12.4. The Morgan fingerprint density at radius 2 is 0.952 bits per heavy atom. The average molecular weight is 778 g/mol. The summed E-state index contributed by atoms with van der Waals surface area (Å²) in [4.78, 5) is -1.56. The maximum Gasteiger partial charge on any atom is 0.460 e. The molecule has 2 rings (SSSR count). The lowest BCUT2D eigenvalue weighted by atomic mass is 9.87. The van der Waals surface area contributed by atoms with Gasteiger partial charge in [0.2, 0.25) is 0 Å². The van der Waals surface area contributed by atoms with E-state index in [4.69, 9.17) is 0 Å². The molecule has 0 amide bonds. The van der Waals surface area contributed by atoms with Crippen LogP contribution in [0.15, 0.2) is 53.4 Å². The summed E-state index contributed by atoms with van der Waals surface area (Å²) in [6.07, 6.45) is -7.86. The fourth-order valence-electron chi connectivity index (χ4n) is 2.86. The lowest BCUT2D eigenvalue weighted by Gasteiger charge is -2.42. The maximum atomic E-state index is 14.5. The number of hydrogen-bond donors (Lipinski definition) is 0. The van der Waals surface area contributed by atoms with Crippen LogP contribution < -0.4 is 4.18 Å². The largest absolute Gasteiger partial charge is 0.460 e. The molecule has 22 heteroatoms. The minimum Gasteiger partial charge on any atom is -0.379 e. The van der Waals surface area contributed by atoms with Gasteiger partial charge in [-0.25, -0.2) is 0 Å². The zero-order valence-corrected chi connectivity index (χ0v) is 22.0. The molecule has 0 aliphatic rings. The zero-order valence-electron chi connectivity index (χ0n) is 19.1. The van der Waals surface area contributed by atoms with Crippen molar-refractivity contribution in [1.82, 2.24) is 0 Å². The highest BCUT2D eigenvalue weighted by Crippen LogP contribution is 2.65. The zero-order chi connectivity index (χ0) is 33.2. The van der Waals surface area contributed by atoms with Crippen LogP contribution in [0.5, 0.6) is 5.75 Å². The van der Waals surface area contributed by atoms with E-state index in [0.29, 0.717) is 9.64 Å². The van der Waals surface area contributed by atoms with Crippen LogP contribution in [0.25, 0.3) is 0 Å². The molecule has 42 heavy (non-hydrogen) atoms. The first kappa shape index (κ1) is 35.9. The first-order valence-electron chi connectivity index (χ1n) is 9.95. The van der Waals surface area contributed by atoms with E-state index >= 15 is 0 Å². The second-order valence-electron chi connectivity index (χ2n) is 8.04. The predicted molar refractivity (Wildman–Crippen MR) is 113 cm³/mol. The van der Waals surface area contributed by atoms with Gasteiger partial charge in [-0.3, -0.25) is 0 Å². The Balaban J connectivity index is 2.62. The van der Waals surface area contributed by atoms with Gasteiger partial charge in [-0.1, -0.05) is 12.1 Å². The predicted octanol–water partition coefficient (Wildman–Crippen LogP) is 8.52. The normalized spacial score (nSPS) is 15.1. The molecular weight excluding hydrogens is 770 g/mol. The number of rotatable bonds is 10. The summed E-state index contributed by atoms with van der Waals surface area (Å²) < 4.78 is 259. The molecule has 0 fully saturated rings. The first-order chi connectivity index (χ1) is 18.4. The molecule has 0 aliphatic carbocycles. The molecule has 0 saturated heterocycles. The van der Waals surface area contributed by atoms with Crippen LogP contribution in [-0.2, 0) is 16.0 Å². The number of halogens is 18. The summed E-state index contributed by atoms with van der Waals surface area (Å²) in [6, 6.07) is 3.89. The minimum absolute atomic E-state index is 0.104. The van der Waals surface area contributed by atoms with Gasteiger partial charge in [0, 0.05) is 9.13 Å². The van der Waals surface area contributed by atoms with E-state index in [2.05, 4.69) is 4.18 Å². The molecule has 0 radical (unpaired) electrons. The average Bonchev–Trinajstić information content (AvgIpc) is 2.84. The Morgan fingerprint density at radius 1 is 0.548 bits per heavy atom. The number of benzene rings is 2. The summed E-state index contributed by atoms with van der Waals surface area (Å²) in [5.74, 6) is -58.4. The van der Waals surface area contributed by atoms with Crippen LogP contribution in [0, 0.1) is 3.57 Å². The van der Waals surface area contributed by atoms with E-state index in [1.165, 1.54) is 12.1 Å². The molecule has 0 aliphatic heterocycles. The second kappa shape index (κ2) is 10.4. The lowest BCUT2D eigenvalue weighted by molar-refractivity contribution is -0.462. The molecule has 0 aromatic heterocycles. The molecule has 0 bridgehead atoms. The van der Waals surface area contributed by atoms with Crippen LogP contribution >= 0.6 is 22.6 Å². The van der Waals surface area contributed by atoms with Crippen LogP contribution in [0.3, 0.4) is 0 Å². The van der Waals surface area contributed by atoms with E-state index in [-0.39, 0.29) is 12.1 Å². The third-order valence-electron chi connectivity index (χ3n) is 5.23. The quantitative estimate of drug-likeness (QED) is 0.138. The van der Waals surface area contributed by atoms with Gasteiger partial charge in [0.05, 0.1) is 0 Å². The fraction of sp³-hybridized carbons (Fsp3) is 0.400. The Morgan fingerprint density at radius 3 is 1.38 bits per heavy atom. The molecule has 0 unspecified atom stereocenters. The van der Waals surface area contributed by atoms with Crippen LogP contribution in [0.4, 0.5) is 74.6 Å². The smallest absolute Gasteiger partial charge is 0.379 e. The topological polar surface area (TPSA) is 43.4 Å². The van der Waals surface area contributed by atoms with Gasteiger partial charge in [0.1, 0.15) is 10.6 Å². The van der Waals surface area contributed by atoms with E-state index in [1.54, 1.807) is 22.6 Å². The van der Waals surface area contributed by atoms with Crippen molar-refractivity contribution in [2.75, 3.05) is 0 Å². The molecule has 0 atom stereocenters. The molecule has 3 nitrogen and oxygen atoms in total. The molecule has 0 saturated carbocycles. The Kier molecular flexibility index (Phi) is 8.92. The Hall–Kier alpha value is -2.27. The maximum absolute atomic E-state index is 14.5. The molecular formula is C20H8F17IO3S. The van der Waals surface area contributed by atoms with Crippen molar-refractivity contribution in [1.29, 1.82) is 0 Å². The van der Waals surface area contributed by atoms with Crippen molar-refractivity contribution in [3.8, 4) is 5.75 Å². The lowest BCUT2D eigenvalue weighted by Crippen LogP contribution is -2.74. The van der Waals surface area contributed by atoms with E-state index in [1.807, 2.05) is 0 Å². The minimum atomic E-state index is -8.77. The highest BCUT2D eigenvalue weighted by Gasteiger charge is 2.95. The summed E-state index contributed by atoms with van der Waals surface area (Å²) in [5.41, 5.74) is -2.68. The molecule has 0 N–H and O–H groups in total. The third-order valence-corrected chi connectivity index (χ3v) is 7.19. The standard InChI is InChI=1S/C20H8F17IO3S/c21-13(22,9-2-1-3-12(8-9)42(39,40)41-11-6-4-10(38)5-7-11)14(23,24)15(25,26)16(27,28)17(29,30)18(31,32)19(33,34)20(35,36)37/h1-8H. The van der Waals surface area contributed by atoms with Gasteiger partial charge >= 0.3 is 57.8 Å². The summed E-state index contributed by atoms with van der Waals surface area (Å²) in [7, 11) is -5.32. The van der Waals surface area contributed by atoms with Crippen LogP contribution in [0.1, 0.15) is 5.56 Å². The Labute approximate surface area is 235 Å². The molecule has 2 aromatic rings. The molecule has 0 heterocycles. The van der Waals surface area contributed by atoms with Crippen molar-refractivity contribution >= 4 is 32.7 Å². The number of alkyl halides is 17. The second-order valence-corrected chi connectivity index (χ2v) is 10.8. The third kappa shape index (κ3) is 5.33. The van der Waals surface area contributed by atoms with Crippen molar-refractivity contribution in [3.05, 3.63) is 57.7 Å². The summed E-state index contributed by atoms with van der Waals surface area (Å²) >= 11 is 1.74. The van der Waals surface area contributed by atoms with E-state index in [9.17, 15) is 83.1 Å². The van der Waals surface area contributed by atoms with Crippen molar-refractivity contribution in [2.24, 2.45) is 0 Å². The monoisotopic (exact) mass is 778 g/mol. The summed E-state index contributed by atoms with van der Waals surface area (Å²) in [6.45, 7) is 0. The van der Waals surface area contributed by atoms with Gasteiger partial charge in [-0.05, 0) is 59.0 Å². The van der Waals surface area contributed by atoms with Gasteiger partial charge in [-0.15, -0.1) is 0 Å². The van der Waals surface area contributed by atoms with Gasteiger partial charge in [0.25, 0.3) is 0 Å². The highest BCUT2D eigenvalue weighted by atomic mass is 127. The van der Waals surface area contributed by atoms with Crippen LogP contribution in [0.2, 0.25) is 0 Å². The van der Waals surface area contributed by atoms with Crippen molar-refractivity contribution in [3.63, 3.8) is 0 Å². The van der Waals surface area contributed by atoms with Crippen LogP contribution in [-0.4, -0.2) is 50.1 Å². The van der Waals surface area contributed by atoms with Gasteiger partial charge in [0.15, 0.2) is 0 Å². The van der Waals surface area contributed by atoms with E-state index in [0.717, 1.165) is 12.1 Å². The van der Waals surface area contributed by atoms with Gasteiger partial charge < -0.3 is 4.18 Å². The highest BCUT2D eigenvalue weighted by molar-refractivity contribution is 14.1. The van der Waals surface area contributed by atoms with Crippen molar-refractivity contribution < 1.29 is 87.2 Å². The molecule has 0 spiro atoms. The SMILES string of the molecule is O=S(=O)(Oc1ccc(I)cc1)c1cccc(C(F)(F)C(F)(F)C(F)(F)C(F)(F)C(F)(F)C(F)(F)C(F)(F)C(F)(F)F)c1. The van der Waals surface area contributed by atoms with E-state index < -0.39 is 80.0 Å². The fourth-order valence-corrected chi connectivity index (χ4v) is 4.19. The molecule has 2 aromatic carbocycles. The Bertz CT molecular complexity index is 1400. The van der Waals surface area contributed by atoms with Crippen molar-refractivity contribution in [2.45, 2.75) is 52.5 Å². The molecule has 238 valence electrons. The summed E-state index contributed by atoms with van der Waals surface area (Å²) in [5, 5.41) is 0.